The molecule has 0 saturated heterocycles. The first-order chi connectivity index (χ1) is 11.0. The smallest absolute Gasteiger partial charge is 0.326 e. The maximum Gasteiger partial charge on any atom is 0.326 e. The Morgan fingerprint density at radius 1 is 1.35 bits per heavy atom. The number of hydrogen-bond donors (Lipinski definition) is 4. The van der Waals surface area contributed by atoms with Crippen molar-refractivity contribution < 1.29 is 14.7 Å². The van der Waals surface area contributed by atoms with E-state index in [1.54, 1.807) is 24.3 Å². The zero-order chi connectivity index (χ0) is 17.3. The van der Waals surface area contributed by atoms with Gasteiger partial charge in [-0.05, 0) is 24.9 Å². The number of nitroso groups, excluding NO2 is 1. The summed E-state index contributed by atoms with van der Waals surface area (Å²) in [4.78, 5) is 34.9. The van der Waals surface area contributed by atoms with E-state index >= 15 is 0 Å². The molecule has 7 nitrogen and oxygen atoms in total. The number of nitrogens with zero attached hydrogens (tertiary/aromatic N) is 1. The molecule has 126 valence electrons. The molecule has 0 aliphatic carbocycles. The Morgan fingerprint density at radius 3 is 2.48 bits per heavy atom. The van der Waals surface area contributed by atoms with Crippen molar-refractivity contribution in [2.45, 2.75) is 30.8 Å². The molecule has 0 spiro atoms. The first kappa shape index (κ1) is 19.1. The second-order valence-corrected chi connectivity index (χ2v) is 5.54. The van der Waals surface area contributed by atoms with E-state index in [0.717, 1.165) is 5.56 Å². The summed E-state index contributed by atoms with van der Waals surface area (Å²) in [6.45, 7) is 0.296. The zero-order valence-corrected chi connectivity index (χ0v) is 13.5. The van der Waals surface area contributed by atoms with Crippen molar-refractivity contribution in [1.82, 2.24) is 5.32 Å². The van der Waals surface area contributed by atoms with E-state index in [1.807, 2.05) is 6.07 Å². The van der Waals surface area contributed by atoms with E-state index in [9.17, 15) is 19.6 Å². The molecule has 0 fully saturated rings. The first-order valence-corrected chi connectivity index (χ1v) is 7.85. The summed E-state index contributed by atoms with van der Waals surface area (Å²) < 4.78 is 0. The Bertz CT molecular complexity index is 541. The number of carboxylic acid groups (broad SMARTS) is 1. The van der Waals surface area contributed by atoms with Crippen molar-refractivity contribution in [1.29, 1.82) is 0 Å². The van der Waals surface area contributed by atoms with E-state index in [0.29, 0.717) is 13.0 Å². The van der Waals surface area contributed by atoms with Gasteiger partial charge in [0.2, 0.25) is 0 Å². The Labute approximate surface area is 140 Å². The first-order valence-electron chi connectivity index (χ1n) is 7.22. The highest BCUT2D eigenvalue weighted by Crippen LogP contribution is 2.21. The van der Waals surface area contributed by atoms with Gasteiger partial charge in [-0.1, -0.05) is 35.5 Å². The fourth-order valence-electron chi connectivity index (χ4n) is 2.12. The van der Waals surface area contributed by atoms with Gasteiger partial charge in [0.1, 0.15) is 6.04 Å². The van der Waals surface area contributed by atoms with Crippen molar-refractivity contribution in [3.63, 3.8) is 0 Å². The predicted octanol–water partition coefficient (Wildman–Crippen LogP) is 0.972. The van der Waals surface area contributed by atoms with E-state index in [-0.39, 0.29) is 18.6 Å². The Balaban J connectivity index is 2.87. The number of carboxylic acids is 1. The number of nitrogens with one attached hydrogen (secondary N) is 1. The van der Waals surface area contributed by atoms with Gasteiger partial charge in [-0.2, -0.15) is 12.6 Å². The number of carbonyl (C=O) groups is 2. The Hall–Kier alpha value is -1.93. The summed E-state index contributed by atoms with van der Waals surface area (Å²) in [6, 6.07) is 7.75. The molecule has 0 radical (unpaired) electrons. The van der Waals surface area contributed by atoms with Crippen LogP contribution in [-0.2, 0) is 16.0 Å². The van der Waals surface area contributed by atoms with Crippen LogP contribution < -0.4 is 11.1 Å². The summed E-state index contributed by atoms with van der Waals surface area (Å²) in [5.74, 6) is -2.03. The molecular formula is C15H21N3O4S. The third-order valence-corrected chi connectivity index (χ3v) is 4.06. The van der Waals surface area contributed by atoms with Gasteiger partial charge in [-0.3, -0.25) is 4.79 Å². The van der Waals surface area contributed by atoms with Crippen LogP contribution in [0.2, 0.25) is 0 Å². The van der Waals surface area contributed by atoms with E-state index in [2.05, 4.69) is 23.1 Å². The van der Waals surface area contributed by atoms with Gasteiger partial charge in [0.15, 0.2) is 5.54 Å². The third-order valence-electron chi connectivity index (χ3n) is 3.54. The quantitative estimate of drug-likeness (QED) is 0.374. The van der Waals surface area contributed by atoms with Crippen molar-refractivity contribution in [3.05, 3.63) is 40.8 Å². The van der Waals surface area contributed by atoms with Crippen LogP contribution in [0.3, 0.4) is 0 Å². The number of rotatable bonds is 10. The Kier molecular flexibility index (Phi) is 7.70. The normalized spacial score (nSPS) is 14.5. The number of aliphatic carboxylic acids is 1. The second-order valence-electron chi connectivity index (χ2n) is 5.23. The van der Waals surface area contributed by atoms with Gasteiger partial charge in [-0.15, -0.1) is 4.91 Å². The van der Waals surface area contributed by atoms with Crippen LogP contribution in [-0.4, -0.2) is 40.9 Å². The minimum absolute atomic E-state index is 0.111. The Morgan fingerprint density at radius 2 is 2.00 bits per heavy atom. The summed E-state index contributed by atoms with van der Waals surface area (Å²) in [5.41, 5.74) is 4.56. The van der Waals surface area contributed by atoms with Crippen LogP contribution in [0.4, 0.5) is 0 Å². The molecule has 8 heteroatoms. The lowest BCUT2D eigenvalue weighted by Gasteiger charge is -2.25. The average molecular weight is 339 g/mol. The van der Waals surface area contributed by atoms with Crippen molar-refractivity contribution in [3.8, 4) is 0 Å². The molecule has 1 rings (SSSR count). The minimum Gasteiger partial charge on any atom is -0.480 e. The fourth-order valence-corrected chi connectivity index (χ4v) is 2.48. The number of hydrogen-bond acceptors (Lipinski definition) is 6. The lowest BCUT2D eigenvalue weighted by Crippen LogP contribution is -2.53. The molecule has 0 aliphatic heterocycles. The van der Waals surface area contributed by atoms with Crippen LogP contribution >= 0.6 is 12.6 Å². The van der Waals surface area contributed by atoms with Crippen molar-refractivity contribution in [2.24, 2.45) is 10.9 Å². The maximum atomic E-state index is 12.4. The van der Waals surface area contributed by atoms with Crippen LogP contribution in [0.1, 0.15) is 18.4 Å². The zero-order valence-electron chi connectivity index (χ0n) is 12.6. The van der Waals surface area contributed by atoms with E-state index in [1.165, 1.54) is 0 Å². The molecule has 23 heavy (non-hydrogen) atoms. The molecule has 0 aromatic heterocycles. The standard InChI is InChI=1S/C15H21N3O4S/c16-8-4-7-15(10-23,18-22)14(21)17-12(13(19)20)9-11-5-2-1-3-6-11/h1-3,5-6,12,23H,4,7-10,16H2,(H,17,21)(H,19,20)/t12-,15?/m0/s1. The summed E-state index contributed by atoms with van der Waals surface area (Å²) in [6.07, 6.45) is 0.649. The molecule has 1 aromatic rings. The van der Waals surface area contributed by atoms with E-state index in [4.69, 9.17) is 5.73 Å². The topological polar surface area (TPSA) is 122 Å². The van der Waals surface area contributed by atoms with Crippen molar-refractivity contribution >= 4 is 24.5 Å². The van der Waals surface area contributed by atoms with Gasteiger partial charge in [-0.25, -0.2) is 4.79 Å². The lowest BCUT2D eigenvalue weighted by molar-refractivity contribution is -0.142. The highest BCUT2D eigenvalue weighted by atomic mass is 32.1. The number of amides is 1. The molecule has 0 aliphatic rings. The van der Waals surface area contributed by atoms with Gasteiger partial charge < -0.3 is 16.2 Å². The number of thiol groups is 1. The highest BCUT2D eigenvalue weighted by Gasteiger charge is 2.40. The predicted molar refractivity (Wildman–Crippen MR) is 90.4 cm³/mol. The van der Waals surface area contributed by atoms with E-state index < -0.39 is 23.5 Å². The van der Waals surface area contributed by atoms with Gasteiger partial charge in [0.05, 0.1) is 0 Å². The number of carbonyl (C=O) groups excluding carboxylic acids is 1. The third kappa shape index (κ3) is 5.33. The summed E-state index contributed by atoms with van der Waals surface area (Å²) in [7, 11) is 0. The number of benzene rings is 1. The highest BCUT2D eigenvalue weighted by molar-refractivity contribution is 7.80. The van der Waals surface area contributed by atoms with Crippen LogP contribution in [0.15, 0.2) is 35.5 Å². The van der Waals surface area contributed by atoms with Gasteiger partial charge in [0, 0.05) is 12.2 Å². The molecular weight excluding hydrogens is 318 g/mol. The van der Waals surface area contributed by atoms with Crippen LogP contribution in [0.5, 0.6) is 0 Å². The van der Waals surface area contributed by atoms with Gasteiger partial charge >= 0.3 is 5.97 Å². The molecule has 1 unspecified atom stereocenters. The summed E-state index contributed by atoms with van der Waals surface area (Å²) in [5, 5.41) is 14.6. The molecule has 4 N–H and O–H groups in total. The largest absolute Gasteiger partial charge is 0.480 e. The average Bonchev–Trinajstić information content (AvgIpc) is 2.56. The SMILES string of the molecule is NCCCC(CS)(N=O)C(=O)N[C@@H](Cc1ccccc1)C(=O)O. The molecule has 2 atom stereocenters. The molecule has 0 bridgehead atoms. The monoisotopic (exact) mass is 339 g/mol. The summed E-state index contributed by atoms with van der Waals surface area (Å²) >= 11 is 4.02. The molecule has 1 amide bonds. The number of nitrogens with two attached hydrogens (primary N) is 1. The second kappa shape index (κ2) is 9.26. The maximum absolute atomic E-state index is 12.4. The molecule has 0 saturated carbocycles. The fraction of sp³-hybridized carbons (Fsp3) is 0.467. The molecule has 0 heterocycles. The lowest BCUT2D eigenvalue weighted by atomic mass is 9.94. The minimum atomic E-state index is -1.60. The van der Waals surface area contributed by atoms with Gasteiger partial charge in [0.25, 0.3) is 5.91 Å². The molecule has 1 aromatic carbocycles. The van der Waals surface area contributed by atoms with Crippen molar-refractivity contribution in [2.75, 3.05) is 12.3 Å². The van der Waals surface area contributed by atoms with Crippen LogP contribution in [0.25, 0.3) is 0 Å². The van der Waals surface area contributed by atoms with Crippen LogP contribution in [0, 0.1) is 4.91 Å².